The summed E-state index contributed by atoms with van der Waals surface area (Å²) in [5.41, 5.74) is 0. The lowest BCUT2D eigenvalue weighted by molar-refractivity contribution is 1.25. The second kappa shape index (κ2) is 5.92. The Balaban J connectivity index is 1.88. The molecule has 1 aliphatic heterocycles. The molecule has 80 valence electrons. The fourth-order valence-corrected chi connectivity index (χ4v) is 3.81. The van der Waals surface area contributed by atoms with Gasteiger partial charge in [0.15, 0.2) is 0 Å². The molecule has 0 aliphatic carbocycles. The van der Waals surface area contributed by atoms with Gasteiger partial charge in [-0.3, -0.25) is 0 Å². The summed E-state index contributed by atoms with van der Waals surface area (Å²) in [6.07, 6.45) is 1.95. The Hall–Kier alpha value is 0.01000. The van der Waals surface area contributed by atoms with Crippen molar-refractivity contribution in [2.45, 2.75) is 15.0 Å². The Kier molecular flexibility index (Phi) is 4.54. The van der Waals surface area contributed by atoms with Gasteiger partial charge in [-0.2, -0.15) is 11.8 Å². The summed E-state index contributed by atoms with van der Waals surface area (Å²) in [5, 5.41) is 0.916. The molecule has 1 fully saturated rings. The summed E-state index contributed by atoms with van der Waals surface area (Å²) < 4.78 is 0. The van der Waals surface area contributed by atoms with Crippen molar-refractivity contribution < 1.29 is 0 Å². The Morgan fingerprint density at radius 3 is 2.80 bits per heavy atom. The average molecular weight is 254 g/mol. The SMILES string of the molecule is C=CCSc1cccc(SCC2CS2)c1. The molecule has 15 heavy (non-hydrogen) atoms. The molecular weight excluding hydrogens is 240 g/mol. The van der Waals surface area contributed by atoms with Crippen LogP contribution in [0, 0.1) is 0 Å². The first-order valence-corrected chi connectivity index (χ1v) is 7.98. The Morgan fingerprint density at radius 1 is 1.40 bits per heavy atom. The summed E-state index contributed by atoms with van der Waals surface area (Å²) in [6.45, 7) is 3.74. The molecule has 3 heteroatoms. The lowest BCUT2D eigenvalue weighted by Crippen LogP contribution is -1.86. The van der Waals surface area contributed by atoms with E-state index in [0.29, 0.717) is 0 Å². The Morgan fingerprint density at radius 2 is 2.13 bits per heavy atom. The average Bonchev–Trinajstić information content (AvgIpc) is 3.08. The van der Waals surface area contributed by atoms with Crippen LogP contribution in [0.15, 0.2) is 46.7 Å². The molecule has 0 aromatic heterocycles. The van der Waals surface area contributed by atoms with Gasteiger partial charge in [-0.05, 0) is 18.2 Å². The summed E-state index contributed by atoms with van der Waals surface area (Å²) in [5.74, 6) is 3.62. The maximum atomic E-state index is 3.74. The Labute approximate surface area is 104 Å². The highest BCUT2D eigenvalue weighted by Crippen LogP contribution is 2.35. The molecule has 0 amide bonds. The van der Waals surface area contributed by atoms with Crippen LogP contribution in [0.5, 0.6) is 0 Å². The van der Waals surface area contributed by atoms with Gasteiger partial charge in [-0.1, -0.05) is 12.1 Å². The van der Waals surface area contributed by atoms with Crippen LogP contribution < -0.4 is 0 Å². The number of thioether (sulfide) groups is 3. The molecule has 1 aliphatic rings. The van der Waals surface area contributed by atoms with Gasteiger partial charge in [0.05, 0.1) is 0 Å². The summed E-state index contributed by atoms with van der Waals surface area (Å²) in [6, 6.07) is 8.81. The van der Waals surface area contributed by atoms with E-state index in [1.165, 1.54) is 21.3 Å². The maximum Gasteiger partial charge on any atom is 0.0232 e. The number of hydrogen-bond donors (Lipinski definition) is 0. The van der Waals surface area contributed by atoms with E-state index in [1.807, 2.05) is 29.6 Å². The molecule has 1 saturated heterocycles. The Bertz CT molecular complexity index is 331. The molecule has 0 nitrogen and oxygen atoms in total. The first-order valence-electron chi connectivity index (χ1n) is 4.96. The number of rotatable bonds is 6. The molecule has 0 N–H and O–H groups in total. The third kappa shape index (κ3) is 4.17. The van der Waals surface area contributed by atoms with Gasteiger partial charge in [-0.15, -0.1) is 30.1 Å². The van der Waals surface area contributed by atoms with Crippen molar-refractivity contribution in [3.8, 4) is 0 Å². The fraction of sp³-hybridized carbons (Fsp3) is 0.333. The minimum absolute atomic E-state index is 0.916. The number of hydrogen-bond acceptors (Lipinski definition) is 3. The van der Waals surface area contributed by atoms with E-state index >= 15 is 0 Å². The van der Waals surface area contributed by atoms with Crippen LogP contribution >= 0.6 is 35.3 Å². The summed E-state index contributed by atoms with van der Waals surface area (Å²) in [7, 11) is 0. The summed E-state index contributed by atoms with van der Waals surface area (Å²) >= 11 is 5.89. The van der Waals surface area contributed by atoms with Gasteiger partial charge in [-0.25, -0.2) is 0 Å². The van der Waals surface area contributed by atoms with Crippen molar-refractivity contribution in [2.24, 2.45) is 0 Å². The molecule has 0 saturated carbocycles. The highest BCUT2D eigenvalue weighted by atomic mass is 32.2. The lowest BCUT2D eigenvalue weighted by Gasteiger charge is -2.03. The van der Waals surface area contributed by atoms with Crippen molar-refractivity contribution in [1.82, 2.24) is 0 Å². The van der Waals surface area contributed by atoms with E-state index in [9.17, 15) is 0 Å². The van der Waals surface area contributed by atoms with E-state index < -0.39 is 0 Å². The highest BCUT2D eigenvalue weighted by molar-refractivity contribution is 8.08. The van der Waals surface area contributed by atoms with Gasteiger partial charge >= 0.3 is 0 Å². The van der Waals surface area contributed by atoms with Crippen LogP contribution in [0.1, 0.15) is 0 Å². The standard InChI is InChI=1S/C12H14S3/c1-2-6-13-10-4-3-5-11(7-10)14-8-12-9-15-12/h2-5,7,12H,1,6,8-9H2. The predicted molar refractivity (Wildman–Crippen MR) is 74.3 cm³/mol. The first-order chi connectivity index (χ1) is 7.38. The number of benzene rings is 1. The van der Waals surface area contributed by atoms with Gasteiger partial charge in [0.1, 0.15) is 0 Å². The van der Waals surface area contributed by atoms with Gasteiger partial charge in [0, 0.05) is 32.3 Å². The van der Waals surface area contributed by atoms with Gasteiger partial charge in [0.25, 0.3) is 0 Å². The molecule has 0 bridgehead atoms. The minimum Gasteiger partial charge on any atom is -0.156 e. The van der Waals surface area contributed by atoms with Crippen LogP contribution in [0.2, 0.25) is 0 Å². The zero-order valence-electron chi connectivity index (χ0n) is 8.52. The summed E-state index contributed by atoms with van der Waals surface area (Å²) in [4.78, 5) is 2.75. The minimum atomic E-state index is 0.916. The second-order valence-corrected chi connectivity index (χ2v) is 6.86. The van der Waals surface area contributed by atoms with Crippen LogP contribution in [-0.4, -0.2) is 22.5 Å². The first kappa shape index (κ1) is 11.5. The van der Waals surface area contributed by atoms with Crippen molar-refractivity contribution in [1.29, 1.82) is 0 Å². The molecular formula is C12H14S3. The van der Waals surface area contributed by atoms with E-state index in [1.54, 1.807) is 0 Å². The third-order valence-electron chi connectivity index (χ3n) is 2.01. The van der Waals surface area contributed by atoms with E-state index in [2.05, 4.69) is 42.6 Å². The van der Waals surface area contributed by atoms with E-state index in [-0.39, 0.29) is 0 Å². The van der Waals surface area contributed by atoms with Crippen LogP contribution in [0.25, 0.3) is 0 Å². The van der Waals surface area contributed by atoms with Crippen molar-refractivity contribution >= 4 is 35.3 Å². The molecule has 2 rings (SSSR count). The van der Waals surface area contributed by atoms with Crippen LogP contribution in [0.4, 0.5) is 0 Å². The van der Waals surface area contributed by atoms with Crippen molar-refractivity contribution in [3.63, 3.8) is 0 Å². The molecule has 1 atom stereocenters. The molecule has 0 spiro atoms. The largest absolute Gasteiger partial charge is 0.156 e. The molecule has 1 unspecified atom stereocenters. The zero-order valence-corrected chi connectivity index (χ0v) is 11.0. The van der Waals surface area contributed by atoms with Crippen LogP contribution in [-0.2, 0) is 0 Å². The quantitative estimate of drug-likeness (QED) is 0.425. The van der Waals surface area contributed by atoms with Crippen molar-refractivity contribution in [3.05, 3.63) is 36.9 Å². The molecule has 1 aromatic carbocycles. The van der Waals surface area contributed by atoms with Crippen molar-refractivity contribution in [2.75, 3.05) is 17.3 Å². The molecule has 0 radical (unpaired) electrons. The smallest absolute Gasteiger partial charge is 0.0232 e. The monoisotopic (exact) mass is 254 g/mol. The topological polar surface area (TPSA) is 0 Å². The fourth-order valence-electron chi connectivity index (χ4n) is 1.16. The lowest BCUT2D eigenvalue weighted by atomic mass is 10.4. The predicted octanol–water partition coefficient (Wildman–Crippen LogP) is 4.17. The molecule has 1 heterocycles. The van der Waals surface area contributed by atoms with Gasteiger partial charge < -0.3 is 0 Å². The van der Waals surface area contributed by atoms with E-state index in [0.717, 1.165) is 11.0 Å². The van der Waals surface area contributed by atoms with Crippen LogP contribution in [0.3, 0.4) is 0 Å². The molecule has 1 aromatic rings. The van der Waals surface area contributed by atoms with Gasteiger partial charge in [0.2, 0.25) is 0 Å². The van der Waals surface area contributed by atoms with E-state index in [4.69, 9.17) is 0 Å². The maximum absolute atomic E-state index is 3.74. The highest BCUT2D eigenvalue weighted by Gasteiger charge is 2.21. The third-order valence-corrected chi connectivity index (χ3v) is 5.34. The second-order valence-electron chi connectivity index (χ2n) is 3.34. The zero-order chi connectivity index (χ0) is 10.5. The normalized spacial score (nSPS) is 18.8.